The number of nitrogens with zero attached hydrogens (tertiary/aromatic N) is 1. The topological polar surface area (TPSA) is 70.6 Å². The Morgan fingerprint density at radius 3 is 2.43 bits per heavy atom. The van der Waals surface area contributed by atoms with Gasteiger partial charge in [-0.05, 0) is 53.6 Å². The number of benzene rings is 2. The van der Waals surface area contributed by atoms with Crippen molar-refractivity contribution < 1.29 is 12.8 Å². The number of thioether (sulfide) groups is 1. The Kier molecular flexibility index (Phi) is 8.32. The molecule has 2 rings (SSSR count). The van der Waals surface area contributed by atoms with Gasteiger partial charge in [0.2, 0.25) is 0 Å². The lowest BCUT2D eigenvalue weighted by molar-refractivity contribution is 0.602. The maximum absolute atomic E-state index is 13.5. The van der Waals surface area contributed by atoms with Gasteiger partial charge in [0.05, 0.1) is 4.90 Å². The van der Waals surface area contributed by atoms with E-state index in [1.807, 2.05) is 18.4 Å². The average Bonchev–Trinajstić information content (AvgIpc) is 2.65. The molecule has 28 heavy (non-hydrogen) atoms. The summed E-state index contributed by atoms with van der Waals surface area (Å²) in [6, 6.07) is 11.7. The number of halogens is 1. The summed E-state index contributed by atoms with van der Waals surface area (Å²) >= 11 is 1.65. The van der Waals surface area contributed by atoms with E-state index in [1.165, 1.54) is 12.3 Å². The summed E-state index contributed by atoms with van der Waals surface area (Å²) in [4.78, 5) is 4.53. The monoisotopic (exact) mass is 423 g/mol. The van der Waals surface area contributed by atoms with E-state index in [-0.39, 0.29) is 5.82 Å². The molecule has 0 aliphatic carbocycles. The third-order valence-electron chi connectivity index (χ3n) is 4.20. The Balaban J connectivity index is 1.87. The maximum Gasteiger partial charge on any atom is 0.191 e. The number of rotatable bonds is 8. The van der Waals surface area contributed by atoms with Crippen LogP contribution in [0, 0.1) is 5.82 Å². The van der Waals surface area contributed by atoms with Gasteiger partial charge in [-0.3, -0.25) is 4.99 Å². The van der Waals surface area contributed by atoms with Crippen LogP contribution >= 0.6 is 11.8 Å². The number of sulfone groups is 1. The number of nitrogens with one attached hydrogen (secondary N) is 2. The van der Waals surface area contributed by atoms with Gasteiger partial charge in [0, 0.05) is 32.1 Å². The van der Waals surface area contributed by atoms with Gasteiger partial charge in [-0.1, -0.05) is 18.2 Å². The van der Waals surface area contributed by atoms with E-state index in [9.17, 15) is 12.8 Å². The van der Waals surface area contributed by atoms with Crippen molar-refractivity contribution in [3.05, 3.63) is 65.0 Å². The van der Waals surface area contributed by atoms with Gasteiger partial charge in [0.15, 0.2) is 15.8 Å². The van der Waals surface area contributed by atoms with Crippen LogP contribution in [-0.2, 0) is 28.6 Å². The zero-order valence-electron chi connectivity index (χ0n) is 16.3. The van der Waals surface area contributed by atoms with E-state index in [0.717, 1.165) is 28.9 Å². The Labute approximate surface area is 170 Å². The highest BCUT2D eigenvalue weighted by Gasteiger charge is 2.07. The van der Waals surface area contributed by atoms with Crippen molar-refractivity contribution in [2.24, 2.45) is 4.99 Å². The molecule has 0 heterocycles. The van der Waals surface area contributed by atoms with Crippen molar-refractivity contribution in [2.45, 2.75) is 23.6 Å². The minimum atomic E-state index is -3.17. The fourth-order valence-corrected chi connectivity index (χ4v) is 3.90. The molecule has 0 aliphatic heterocycles. The van der Waals surface area contributed by atoms with Gasteiger partial charge in [-0.15, -0.1) is 0 Å². The molecule has 5 nitrogen and oxygen atoms in total. The highest BCUT2D eigenvalue weighted by Crippen LogP contribution is 2.16. The normalized spacial score (nSPS) is 12.1. The van der Waals surface area contributed by atoms with E-state index in [0.29, 0.717) is 23.9 Å². The fourth-order valence-electron chi connectivity index (χ4n) is 2.68. The van der Waals surface area contributed by atoms with E-state index in [2.05, 4.69) is 15.6 Å². The summed E-state index contributed by atoms with van der Waals surface area (Å²) in [6.07, 6.45) is 3.93. The number of hydrogen-bond donors (Lipinski definition) is 2. The molecular weight excluding hydrogens is 397 g/mol. The molecule has 0 amide bonds. The van der Waals surface area contributed by atoms with Gasteiger partial charge in [0.25, 0.3) is 0 Å². The van der Waals surface area contributed by atoms with Gasteiger partial charge in [-0.2, -0.15) is 11.8 Å². The molecule has 0 aliphatic rings. The fraction of sp³-hybridized carbons (Fsp3) is 0.350. The van der Waals surface area contributed by atoms with Gasteiger partial charge < -0.3 is 10.6 Å². The quantitative estimate of drug-likeness (QED) is 0.505. The van der Waals surface area contributed by atoms with Crippen molar-refractivity contribution in [3.8, 4) is 0 Å². The lowest BCUT2D eigenvalue weighted by Crippen LogP contribution is -2.38. The summed E-state index contributed by atoms with van der Waals surface area (Å²) in [5, 5.41) is 6.48. The molecule has 0 fully saturated rings. The SMILES string of the molecule is CN=C(NCCc1ccc(S(C)(=O)=O)cc1)NCc1ccc(F)cc1CSC. The highest BCUT2D eigenvalue weighted by atomic mass is 32.2. The smallest absolute Gasteiger partial charge is 0.191 e. The first-order valence-electron chi connectivity index (χ1n) is 8.83. The minimum absolute atomic E-state index is 0.225. The second-order valence-corrected chi connectivity index (χ2v) is 9.25. The van der Waals surface area contributed by atoms with Gasteiger partial charge >= 0.3 is 0 Å². The van der Waals surface area contributed by atoms with Crippen molar-refractivity contribution in [2.75, 3.05) is 26.1 Å². The summed E-state index contributed by atoms with van der Waals surface area (Å²) in [7, 11) is -1.47. The predicted molar refractivity (Wildman–Crippen MR) is 115 cm³/mol. The summed E-state index contributed by atoms with van der Waals surface area (Å²) in [6.45, 7) is 1.21. The lowest BCUT2D eigenvalue weighted by Gasteiger charge is -2.14. The molecule has 8 heteroatoms. The van der Waals surface area contributed by atoms with Crippen LogP contribution < -0.4 is 10.6 Å². The second kappa shape index (κ2) is 10.5. The van der Waals surface area contributed by atoms with Gasteiger partial charge in [0.1, 0.15) is 5.82 Å². The van der Waals surface area contributed by atoms with Crippen molar-refractivity contribution in [3.63, 3.8) is 0 Å². The molecule has 0 radical (unpaired) electrons. The molecule has 0 aromatic heterocycles. The first-order chi connectivity index (χ1) is 13.3. The van der Waals surface area contributed by atoms with E-state index in [4.69, 9.17) is 0 Å². The lowest BCUT2D eigenvalue weighted by atomic mass is 10.1. The zero-order chi connectivity index (χ0) is 20.6. The van der Waals surface area contributed by atoms with Crippen molar-refractivity contribution in [1.82, 2.24) is 10.6 Å². The highest BCUT2D eigenvalue weighted by molar-refractivity contribution is 7.97. The Hall–Kier alpha value is -2.06. The molecule has 2 aromatic rings. The van der Waals surface area contributed by atoms with Crippen LogP contribution in [0.3, 0.4) is 0 Å². The third-order valence-corrected chi connectivity index (χ3v) is 5.92. The van der Waals surface area contributed by atoms with Crippen molar-refractivity contribution >= 4 is 27.6 Å². The van der Waals surface area contributed by atoms with Crippen LogP contribution in [0.5, 0.6) is 0 Å². The molecule has 0 saturated heterocycles. The van der Waals surface area contributed by atoms with Crippen LogP contribution in [0.2, 0.25) is 0 Å². The average molecular weight is 424 g/mol. The zero-order valence-corrected chi connectivity index (χ0v) is 18.0. The second-order valence-electron chi connectivity index (χ2n) is 6.36. The van der Waals surface area contributed by atoms with Crippen molar-refractivity contribution in [1.29, 1.82) is 0 Å². The molecule has 2 aromatic carbocycles. The Bertz CT molecular complexity index is 914. The third kappa shape index (κ3) is 6.83. The Morgan fingerprint density at radius 2 is 1.82 bits per heavy atom. The molecule has 2 N–H and O–H groups in total. The molecule has 0 bridgehead atoms. The first kappa shape index (κ1) is 22.2. The molecule has 0 saturated carbocycles. The number of aliphatic imine (C=N–C) groups is 1. The van der Waals surface area contributed by atoms with Crippen LogP contribution in [0.15, 0.2) is 52.4 Å². The van der Waals surface area contributed by atoms with E-state index >= 15 is 0 Å². The van der Waals surface area contributed by atoms with Crippen LogP contribution in [0.25, 0.3) is 0 Å². The molecular formula is C20H26FN3O2S2. The van der Waals surface area contributed by atoms with E-state index < -0.39 is 9.84 Å². The van der Waals surface area contributed by atoms with Gasteiger partial charge in [-0.25, -0.2) is 12.8 Å². The number of hydrogen-bond acceptors (Lipinski definition) is 4. The van der Waals surface area contributed by atoms with Crippen LogP contribution in [0.4, 0.5) is 4.39 Å². The summed E-state index contributed by atoms with van der Waals surface area (Å²) in [5.74, 6) is 1.19. The Morgan fingerprint density at radius 1 is 1.11 bits per heavy atom. The minimum Gasteiger partial charge on any atom is -0.356 e. The largest absolute Gasteiger partial charge is 0.356 e. The molecule has 0 atom stereocenters. The molecule has 0 unspecified atom stereocenters. The molecule has 152 valence electrons. The summed E-state index contributed by atoms with van der Waals surface area (Å²) in [5.41, 5.74) is 3.05. The number of guanidine groups is 1. The molecule has 0 spiro atoms. The van der Waals surface area contributed by atoms with Crippen LogP contribution in [-0.4, -0.2) is 40.5 Å². The van der Waals surface area contributed by atoms with Crippen LogP contribution in [0.1, 0.15) is 16.7 Å². The maximum atomic E-state index is 13.5. The predicted octanol–water partition coefficient (Wildman–Crippen LogP) is 3.00. The standard InChI is InChI=1S/C20H26FN3O2S2/c1-22-20(24-13-16-6-7-18(21)12-17(16)14-27-2)23-11-10-15-4-8-19(9-5-15)28(3,25)26/h4-9,12H,10-11,13-14H2,1-3H3,(H2,22,23,24). The first-order valence-corrected chi connectivity index (χ1v) is 12.1. The van der Waals surface area contributed by atoms with E-state index in [1.54, 1.807) is 43.1 Å². The summed E-state index contributed by atoms with van der Waals surface area (Å²) < 4.78 is 36.5.